The fourth-order valence-electron chi connectivity index (χ4n) is 1.56. The van der Waals surface area contributed by atoms with E-state index in [4.69, 9.17) is 4.74 Å². The van der Waals surface area contributed by atoms with Crippen LogP contribution in [0.5, 0.6) is 0 Å². The predicted molar refractivity (Wildman–Crippen MR) is 92.9 cm³/mol. The maximum atomic E-state index is 11.9. The van der Waals surface area contributed by atoms with Gasteiger partial charge in [0.2, 0.25) is 0 Å². The van der Waals surface area contributed by atoms with Crippen LogP contribution in [0, 0.1) is 0 Å². The number of carboxylic acids is 1. The van der Waals surface area contributed by atoms with E-state index in [1.807, 2.05) is 36.6 Å². The Morgan fingerprint density at radius 3 is 2.62 bits per heavy atom. The quantitative estimate of drug-likeness (QED) is 0.484. The number of hydrogen-bond donors (Lipinski definition) is 2. The van der Waals surface area contributed by atoms with Gasteiger partial charge in [0.15, 0.2) is 0 Å². The molecule has 0 spiro atoms. The lowest BCUT2D eigenvalue weighted by Crippen LogP contribution is -2.58. The molecule has 0 aliphatic heterocycles. The Kier molecular flexibility index (Phi) is 8.48. The van der Waals surface area contributed by atoms with Crippen LogP contribution >= 0.6 is 32.0 Å². The number of halogens is 1. The van der Waals surface area contributed by atoms with E-state index in [0.29, 0.717) is 12.2 Å². The average Bonchev–Trinajstić information content (AvgIpc) is 2.50. The molecule has 21 heavy (non-hydrogen) atoms. The number of aliphatic carboxylic acids is 1. The molecule has 0 bridgehead atoms. The molecule has 0 saturated carbocycles. The van der Waals surface area contributed by atoms with Crippen LogP contribution in [0.25, 0.3) is 0 Å². The second-order valence-corrected chi connectivity index (χ2v) is 8.37. The van der Waals surface area contributed by atoms with Gasteiger partial charge in [0.25, 0.3) is 0 Å². The molecule has 113 valence electrons. The zero-order chi connectivity index (χ0) is 15.7. The van der Waals surface area contributed by atoms with Gasteiger partial charge in [-0.15, -0.1) is 0 Å². The minimum Gasteiger partial charge on any atom is -0.480 e. The summed E-state index contributed by atoms with van der Waals surface area (Å²) in [5.41, 5.74) is 0.861. The first-order valence-corrected chi connectivity index (χ1v) is 12.3. The van der Waals surface area contributed by atoms with Crippen molar-refractivity contribution in [3.8, 4) is 0 Å². The van der Waals surface area contributed by atoms with E-state index < -0.39 is 28.4 Å². The molecule has 1 aromatic carbocycles. The lowest BCUT2D eigenvalue weighted by molar-refractivity contribution is -0.141. The minimum absolute atomic E-state index is 0.126. The van der Waals surface area contributed by atoms with E-state index in [1.54, 1.807) is 11.8 Å². The van der Waals surface area contributed by atoms with Gasteiger partial charge in [-0.25, -0.2) is 25.1 Å². The molecule has 0 heterocycles. The third-order valence-corrected chi connectivity index (χ3v) is 7.66. The van der Waals surface area contributed by atoms with Gasteiger partial charge in [0.1, 0.15) is 6.61 Å². The summed E-state index contributed by atoms with van der Waals surface area (Å²) in [5, 5.41) is 12.0. The summed E-state index contributed by atoms with van der Waals surface area (Å²) < 4.78 is 3.91. The normalized spacial score (nSPS) is 13.0. The van der Waals surface area contributed by atoms with E-state index >= 15 is 0 Å². The number of carbonyl (C=O) groups is 2. The molecule has 5 nitrogen and oxygen atoms in total. The third kappa shape index (κ3) is 6.06. The minimum atomic E-state index is -1.20. The number of thioether (sulfide) groups is 1. The van der Waals surface area contributed by atoms with Crippen LogP contribution in [-0.2, 0) is 16.1 Å². The fraction of sp³-hybridized carbons (Fsp3) is 0.385. The lowest BCUT2D eigenvalue weighted by Gasteiger charge is -2.28. The molecule has 8 heteroatoms. The van der Waals surface area contributed by atoms with Crippen molar-refractivity contribution in [3.05, 3.63) is 35.9 Å². The number of ether oxygens (including phenoxy) is 1. The summed E-state index contributed by atoms with van der Waals surface area (Å²) in [6.45, 7) is 0.126. The zero-order valence-corrected chi connectivity index (χ0v) is 15.7. The molecular weight excluding hydrogens is 420 g/mol. The van der Waals surface area contributed by atoms with Gasteiger partial charge in [-0.2, -0.15) is 11.8 Å². The molecular formula is C13H16AlINO4S. The molecule has 1 amide bonds. The lowest BCUT2D eigenvalue weighted by atomic mass is 10.2. The number of benzene rings is 1. The molecule has 1 atom stereocenters. The summed E-state index contributed by atoms with van der Waals surface area (Å²) in [6.07, 6.45) is 1.61. The smallest absolute Gasteiger partial charge is 0.407 e. The van der Waals surface area contributed by atoms with Crippen LogP contribution in [0.1, 0.15) is 12.0 Å². The number of amides is 1. The molecule has 1 aromatic rings. The van der Waals surface area contributed by atoms with Crippen LogP contribution in [0.15, 0.2) is 30.3 Å². The Balaban J connectivity index is 2.61. The largest absolute Gasteiger partial charge is 0.480 e. The zero-order valence-electron chi connectivity index (χ0n) is 11.5. The van der Waals surface area contributed by atoms with Crippen molar-refractivity contribution in [1.29, 1.82) is 0 Å². The highest BCUT2D eigenvalue weighted by atomic mass is 127. The van der Waals surface area contributed by atoms with Gasteiger partial charge in [0, 0.05) is 0 Å². The van der Waals surface area contributed by atoms with E-state index in [0.717, 1.165) is 5.56 Å². The van der Waals surface area contributed by atoms with Crippen molar-refractivity contribution in [3.63, 3.8) is 0 Å². The Labute approximate surface area is 145 Å². The molecule has 1 radical (unpaired) electrons. The first-order valence-electron chi connectivity index (χ1n) is 6.20. The molecule has 0 aliphatic rings. The van der Waals surface area contributed by atoms with Gasteiger partial charge in [-0.05, 0) is 24.0 Å². The summed E-state index contributed by atoms with van der Waals surface area (Å²) in [5.74, 6) is -0.334. The monoisotopic (exact) mass is 436 g/mol. The molecule has 0 unspecified atom stereocenters. The van der Waals surface area contributed by atoms with Gasteiger partial charge < -0.3 is 15.2 Å². The highest BCUT2D eigenvalue weighted by Crippen LogP contribution is 2.16. The molecule has 0 aliphatic carbocycles. The van der Waals surface area contributed by atoms with Gasteiger partial charge in [-0.1, -0.05) is 30.3 Å². The van der Waals surface area contributed by atoms with Crippen LogP contribution in [0.2, 0.25) is 0 Å². The van der Waals surface area contributed by atoms with Crippen molar-refractivity contribution in [2.75, 3.05) is 12.0 Å². The van der Waals surface area contributed by atoms with Gasteiger partial charge >= 0.3 is 24.0 Å². The Bertz CT molecular complexity index is 476. The number of hydrogen-bond acceptors (Lipinski definition) is 4. The van der Waals surface area contributed by atoms with Crippen molar-refractivity contribution >= 4 is 56.0 Å². The van der Waals surface area contributed by atoms with Crippen LogP contribution in [-0.4, -0.2) is 45.5 Å². The Hall–Kier alpha value is -0.428. The second kappa shape index (κ2) is 9.56. The summed E-state index contributed by atoms with van der Waals surface area (Å²) >= 11 is 3.10. The molecule has 0 fully saturated rings. The van der Waals surface area contributed by atoms with Crippen molar-refractivity contribution in [1.82, 2.24) is 5.32 Å². The SMILES string of the molecule is CSCC[C@](NC(=O)OCc1ccccc1)([Al][I])C(=O)O. The van der Waals surface area contributed by atoms with E-state index in [-0.39, 0.29) is 6.61 Å². The van der Waals surface area contributed by atoms with Crippen LogP contribution in [0.3, 0.4) is 0 Å². The average molecular weight is 436 g/mol. The molecule has 0 saturated heterocycles. The number of carboxylic acid groups (broad SMARTS) is 1. The number of carbonyl (C=O) groups excluding carboxylic acids is 1. The molecule has 1 rings (SSSR count). The Morgan fingerprint density at radius 1 is 1.43 bits per heavy atom. The molecule has 2 N–H and O–H groups in total. The summed E-state index contributed by atoms with van der Waals surface area (Å²) in [4.78, 5) is 23.4. The van der Waals surface area contributed by atoms with Crippen molar-refractivity contribution in [2.45, 2.75) is 17.4 Å². The van der Waals surface area contributed by atoms with E-state index in [2.05, 4.69) is 25.6 Å². The van der Waals surface area contributed by atoms with Crippen molar-refractivity contribution < 1.29 is 19.4 Å². The fourth-order valence-corrected chi connectivity index (χ4v) is 5.01. The standard InChI is InChI=1S/C13H16NO4S.Al.HI/c1-19-8-7-11(12(15)16)14-13(17)18-9-10-5-3-2-4-6-10;;/h2-6H,7-9H2,1H3,(H,14,17)(H,15,16);;1H/q;+1;/p-1. The second-order valence-electron chi connectivity index (χ2n) is 4.32. The van der Waals surface area contributed by atoms with Crippen molar-refractivity contribution in [2.24, 2.45) is 0 Å². The maximum absolute atomic E-state index is 11.9. The number of nitrogens with one attached hydrogen (secondary N) is 1. The first kappa shape index (κ1) is 18.6. The van der Waals surface area contributed by atoms with Gasteiger partial charge in [0.05, 0.1) is 4.40 Å². The van der Waals surface area contributed by atoms with Gasteiger partial charge in [-0.3, -0.25) is 4.79 Å². The maximum Gasteiger partial charge on any atom is 0.407 e. The topological polar surface area (TPSA) is 75.6 Å². The summed E-state index contributed by atoms with van der Waals surface area (Å²) in [6, 6.07) is 9.27. The highest BCUT2D eigenvalue weighted by Gasteiger charge is 2.40. The highest BCUT2D eigenvalue weighted by molar-refractivity contribution is 14.1. The Morgan fingerprint density at radius 2 is 2.10 bits per heavy atom. The van der Waals surface area contributed by atoms with Crippen LogP contribution in [0.4, 0.5) is 4.79 Å². The predicted octanol–water partition coefficient (Wildman–Crippen LogP) is 2.50. The van der Waals surface area contributed by atoms with Crippen LogP contribution < -0.4 is 5.32 Å². The van der Waals surface area contributed by atoms with E-state index in [1.165, 1.54) is 0 Å². The number of rotatable bonds is 8. The van der Waals surface area contributed by atoms with E-state index in [9.17, 15) is 14.7 Å². The first-order chi connectivity index (χ1) is 10.0. The molecule has 0 aromatic heterocycles. The summed E-state index contributed by atoms with van der Waals surface area (Å²) in [7, 11) is 0. The third-order valence-electron chi connectivity index (χ3n) is 2.81. The number of alkyl carbamates (subject to hydrolysis) is 1.